The first-order chi connectivity index (χ1) is 10.1. The Hall–Kier alpha value is -2.17. The number of imide groups is 1. The van der Waals surface area contributed by atoms with Crippen molar-refractivity contribution in [2.75, 3.05) is 0 Å². The van der Waals surface area contributed by atoms with E-state index >= 15 is 0 Å². The van der Waals surface area contributed by atoms with E-state index in [4.69, 9.17) is 0 Å². The number of aromatic nitrogens is 2. The van der Waals surface area contributed by atoms with E-state index in [0.717, 1.165) is 23.0 Å². The molecule has 1 aliphatic rings. The Morgan fingerprint density at radius 2 is 2.14 bits per heavy atom. The monoisotopic (exact) mass is 285 g/mol. The molecule has 21 heavy (non-hydrogen) atoms. The second-order valence-corrected chi connectivity index (χ2v) is 6.05. The molecule has 110 valence electrons. The minimum absolute atomic E-state index is 0.198. The molecule has 1 aromatic heterocycles. The molecule has 0 radical (unpaired) electrons. The van der Waals surface area contributed by atoms with E-state index in [1.807, 2.05) is 12.1 Å². The molecule has 1 saturated heterocycles. The molecule has 1 unspecified atom stereocenters. The van der Waals surface area contributed by atoms with Gasteiger partial charge in [0.05, 0.1) is 17.1 Å². The van der Waals surface area contributed by atoms with Gasteiger partial charge in [0, 0.05) is 11.8 Å². The predicted octanol–water partition coefficient (Wildman–Crippen LogP) is 2.28. The van der Waals surface area contributed by atoms with Crippen molar-refractivity contribution in [3.8, 4) is 0 Å². The Balaban J connectivity index is 2.01. The summed E-state index contributed by atoms with van der Waals surface area (Å²) in [5, 5.41) is 10.8. The average Bonchev–Trinajstić information content (AvgIpc) is 2.83. The number of hydrogen-bond donors (Lipinski definition) is 2. The van der Waals surface area contributed by atoms with Gasteiger partial charge in [-0.15, -0.1) is 0 Å². The molecule has 0 bridgehead atoms. The van der Waals surface area contributed by atoms with Gasteiger partial charge < -0.3 is 0 Å². The fourth-order valence-electron chi connectivity index (χ4n) is 2.95. The summed E-state index contributed by atoms with van der Waals surface area (Å²) in [6.45, 7) is 4.35. The van der Waals surface area contributed by atoms with Gasteiger partial charge in [-0.2, -0.15) is 5.10 Å². The van der Waals surface area contributed by atoms with Crippen molar-refractivity contribution < 1.29 is 9.59 Å². The number of piperidine rings is 1. The predicted molar refractivity (Wildman–Crippen MR) is 79.8 cm³/mol. The zero-order valence-corrected chi connectivity index (χ0v) is 12.3. The van der Waals surface area contributed by atoms with Crippen molar-refractivity contribution in [2.24, 2.45) is 5.92 Å². The Morgan fingerprint density at radius 3 is 2.86 bits per heavy atom. The van der Waals surface area contributed by atoms with E-state index in [-0.39, 0.29) is 17.7 Å². The first-order valence-electron chi connectivity index (χ1n) is 7.36. The summed E-state index contributed by atoms with van der Waals surface area (Å²) in [7, 11) is 0. The Kier molecular flexibility index (Phi) is 3.49. The van der Waals surface area contributed by atoms with Gasteiger partial charge in [-0.25, -0.2) is 0 Å². The number of carbonyl (C=O) groups excluding carboxylic acids is 2. The minimum Gasteiger partial charge on any atom is -0.296 e. The van der Waals surface area contributed by atoms with Crippen LogP contribution in [0.2, 0.25) is 0 Å². The van der Waals surface area contributed by atoms with Crippen LogP contribution in [0.15, 0.2) is 18.2 Å². The molecule has 1 atom stereocenters. The number of H-pyrrole nitrogens is 1. The first-order valence-corrected chi connectivity index (χ1v) is 7.36. The Bertz CT molecular complexity index is 703. The van der Waals surface area contributed by atoms with Gasteiger partial charge in [0.1, 0.15) is 0 Å². The third-order valence-electron chi connectivity index (χ3n) is 3.91. The van der Waals surface area contributed by atoms with Crippen LogP contribution in [0, 0.1) is 5.92 Å². The third kappa shape index (κ3) is 2.55. The molecule has 5 nitrogen and oxygen atoms in total. The maximum atomic E-state index is 12.0. The van der Waals surface area contributed by atoms with Crippen LogP contribution in [0.4, 0.5) is 0 Å². The molecule has 5 heteroatoms. The van der Waals surface area contributed by atoms with E-state index in [9.17, 15) is 9.59 Å². The van der Waals surface area contributed by atoms with E-state index < -0.39 is 0 Å². The summed E-state index contributed by atoms with van der Waals surface area (Å²) < 4.78 is 0. The highest BCUT2D eigenvalue weighted by Gasteiger charge is 2.31. The summed E-state index contributed by atoms with van der Waals surface area (Å²) in [4.78, 5) is 23.3. The molecule has 2 heterocycles. The zero-order valence-electron chi connectivity index (χ0n) is 12.3. The van der Waals surface area contributed by atoms with Crippen LogP contribution in [-0.2, 0) is 16.0 Å². The second-order valence-electron chi connectivity index (χ2n) is 6.05. The number of nitrogens with one attached hydrogen (secondary N) is 2. The fraction of sp³-hybridized carbons (Fsp3) is 0.438. The van der Waals surface area contributed by atoms with E-state index in [1.54, 1.807) is 0 Å². The highest BCUT2D eigenvalue weighted by Crippen LogP contribution is 2.30. The smallest absolute Gasteiger partial charge is 0.235 e. The molecule has 0 aliphatic carbocycles. The number of aromatic amines is 1. The lowest BCUT2D eigenvalue weighted by Gasteiger charge is -2.19. The maximum Gasteiger partial charge on any atom is 0.235 e. The number of amides is 2. The van der Waals surface area contributed by atoms with Crippen LogP contribution in [-0.4, -0.2) is 22.0 Å². The van der Waals surface area contributed by atoms with Gasteiger partial charge in [-0.1, -0.05) is 32.0 Å². The molecule has 1 aliphatic heterocycles. The zero-order chi connectivity index (χ0) is 15.0. The number of para-hydroxylation sites is 1. The number of hydrogen-bond acceptors (Lipinski definition) is 3. The lowest BCUT2D eigenvalue weighted by atomic mass is 9.91. The van der Waals surface area contributed by atoms with E-state index in [2.05, 4.69) is 35.4 Å². The quantitative estimate of drug-likeness (QED) is 0.850. The highest BCUT2D eigenvalue weighted by atomic mass is 16.2. The second kappa shape index (κ2) is 5.31. The molecule has 3 rings (SSSR count). The number of carbonyl (C=O) groups is 2. The highest BCUT2D eigenvalue weighted by molar-refractivity contribution is 6.02. The molecule has 2 aromatic rings. The molecule has 0 saturated carbocycles. The molecule has 2 N–H and O–H groups in total. The Labute approximate surface area is 123 Å². The molecule has 1 aromatic carbocycles. The molecular weight excluding hydrogens is 266 g/mol. The van der Waals surface area contributed by atoms with Gasteiger partial charge in [-0.05, 0) is 24.3 Å². The maximum absolute atomic E-state index is 12.0. The van der Waals surface area contributed by atoms with Crippen LogP contribution in [0.25, 0.3) is 10.9 Å². The van der Waals surface area contributed by atoms with Crippen LogP contribution in [0.3, 0.4) is 0 Å². The summed E-state index contributed by atoms with van der Waals surface area (Å²) in [5.41, 5.74) is 2.97. The van der Waals surface area contributed by atoms with Crippen molar-refractivity contribution in [1.29, 1.82) is 0 Å². The van der Waals surface area contributed by atoms with Gasteiger partial charge in [0.15, 0.2) is 0 Å². The topological polar surface area (TPSA) is 74.8 Å². The van der Waals surface area contributed by atoms with Gasteiger partial charge >= 0.3 is 0 Å². The summed E-state index contributed by atoms with van der Waals surface area (Å²) in [5.74, 6) is -0.228. The normalized spacial score (nSPS) is 19.3. The van der Waals surface area contributed by atoms with Crippen LogP contribution >= 0.6 is 0 Å². The Morgan fingerprint density at radius 1 is 1.33 bits per heavy atom. The minimum atomic E-state index is -0.342. The first kappa shape index (κ1) is 13.8. The van der Waals surface area contributed by atoms with Crippen molar-refractivity contribution >= 4 is 22.7 Å². The van der Waals surface area contributed by atoms with E-state index in [1.165, 1.54) is 5.56 Å². The standard InChI is InChI=1S/C16H19N3O2/c1-9(2)8-10-4-3-5-11-14(10)18-19-15(11)12-6-7-13(20)17-16(12)21/h3-5,9,12H,6-8H2,1-2H3,(H,18,19)(H,17,20,21). The van der Waals surface area contributed by atoms with Crippen molar-refractivity contribution in [3.05, 3.63) is 29.5 Å². The van der Waals surface area contributed by atoms with Gasteiger partial charge in [-0.3, -0.25) is 20.0 Å². The van der Waals surface area contributed by atoms with Crippen molar-refractivity contribution in [2.45, 2.75) is 39.0 Å². The summed E-state index contributed by atoms with van der Waals surface area (Å²) in [6.07, 6.45) is 1.86. The number of nitrogens with zero attached hydrogens (tertiary/aromatic N) is 1. The van der Waals surface area contributed by atoms with Crippen molar-refractivity contribution in [1.82, 2.24) is 15.5 Å². The number of benzene rings is 1. The van der Waals surface area contributed by atoms with Crippen molar-refractivity contribution in [3.63, 3.8) is 0 Å². The van der Waals surface area contributed by atoms with Crippen LogP contribution < -0.4 is 5.32 Å². The molecule has 0 spiro atoms. The lowest BCUT2D eigenvalue weighted by molar-refractivity contribution is -0.134. The van der Waals surface area contributed by atoms with Gasteiger partial charge in [0.2, 0.25) is 11.8 Å². The summed E-state index contributed by atoms with van der Waals surface area (Å²) in [6, 6.07) is 6.08. The van der Waals surface area contributed by atoms with E-state index in [0.29, 0.717) is 18.8 Å². The van der Waals surface area contributed by atoms with Crippen LogP contribution in [0.5, 0.6) is 0 Å². The largest absolute Gasteiger partial charge is 0.296 e. The van der Waals surface area contributed by atoms with Crippen LogP contribution in [0.1, 0.15) is 43.9 Å². The number of fused-ring (bicyclic) bond motifs is 1. The number of rotatable bonds is 3. The van der Waals surface area contributed by atoms with Gasteiger partial charge in [0.25, 0.3) is 0 Å². The average molecular weight is 285 g/mol. The lowest BCUT2D eigenvalue weighted by Crippen LogP contribution is -2.39. The summed E-state index contributed by atoms with van der Waals surface area (Å²) >= 11 is 0. The molecule has 1 fully saturated rings. The SMILES string of the molecule is CC(C)Cc1cccc2c(C3CCC(=O)NC3=O)n[nH]c12. The third-order valence-corrected chi connectivity index (χ3v) is 3.91. The molecule has 2 amide bonds. The molecular formula is C16H19N3O2. The fourth-order valence-corrected chi connectivity index (χ4v) is 2.95.